The maximum atomic E-state index is 12.2. The van der Waals surface area contributed by atoms with Crippen LogP contribution in [0.1, 0.15) is 27.0 Å². The van der Waals surface area contributed by atoms with Crippen molar-refractivity contribution in [3.8, 4) is 11.5 Å². The molecular formula is C24H24N2O4. The normalized spacial score (nSPS) is 10.2. The van der Waals surface area contributed by atoms with Crippen LogP contribution in [0.5, 0.6) is 11.5 Å². The maximum absolute atomic E-state index is 12.2. The summed E-state index contributed by atoms with van der Waals surface area (Å²) >= 11 is 0. The molecule has 0 aromatic heterocycles. The van der Waals surface area contributed by atoms with E-state index in [2.05, 4.69) is 10.9 Å². The second-order valence-electron chi connectivity index (χ2n) is 6.81. The molecule has 3 aromatic rings. The summed E-state index contributed by atoms with van der Waals surface area (Å²) in [6.07, 6.45) is 0. The molecule has 30 heavy (non-hydrogen) atoms. The van der Waals surface area contributed by atoms with E-state index in [4.69, 9.17) is 9.47 Å². The highest BCUT2D eigenvalue weighted by atomic mass is 16.5. The van der Waals surface area contributed by atoms with Crippen molar-refractivity contribution in [2.75, 3.05) is 6.61 Å². The van der Waals surface area contributed by atoms with Gasteiger partial charge in [-0.25, -0.2) is 0 Å². The molecule has 0 aliphatic carbocycles. The van der Waals surface area contributed by atoms with Crippen LogP contribution >= 0.6 is 0 Å². The Balaban J connectivity index is 1.44. The fourth-order valence-electron chi connectivity index (χ4n) is 2.84. The topological polar surface area (TPSA) is 76.7 Å². The van der Waals surface area contributed by atoms with E-state index in [-0.39, 0.29) is 6.61 Å². The standard InChI is InChI=1S/C24H24N2O4/c1-17-7-6-8-18(2)23(17)30-16-22(27)25-26-24(28)20-11-13-21(14-12-20)29-15-19-9-4-3-5-10-19/h3-14H,15-16H2,1-2H3,(H,25,27)(H,26,28). The van der Waals surface area contributed by atoms with Crippen LogP contribution in [0.2, 0.25) is 0 Å². The van der Waals surface area contributed by atoms with E-state index in [1.165, 1.54) is 0 Å². The van der Waals surface area contributed by atoms with E-state index in [0.717, 1.165) is 16.7 Å². The van der Waals surface area contributed by atoms with Gasteiger partial charge in [0.1, 0.15) is 18.1 Å². The Hall–Kier alpha value is -3.80. The molecule has 0 heterocycles. The van der Waals surface area contributed by atoms with Gasteiger partial charge in [0.05, 0.1) is 0 Å². The zero-order valence-electron chi connectivity index (χ0n) is 17.0. The Morgan fingerprint density at radius 2 is 1.43 bits per heavy atom. The first-order valence-electron chi connectivity index (χ1n) is 9.58. The Morgan fingerprint density at radius 3 is 2.10 bits per heavy atom. The number of para-hydroxylation sites is 1. The van der Waals surface area contributed by atoms with Gasteiger partial charge in [0, 0.05) is 5.56 Å². The van der Waals surface area contributed by atoms with Crippen LogP contribution in [0.3, 0.4) is 0 Å². The summed E-state index contributed by atoms with van der Waals surface area (Å²) in [6, 6.07) is 22.3. The summed E-state index contributed by atoms with van der Waals surface area (Å²) in [7, 11) is 0. The van der Waals surface area contributed by atoms with Crippen molar-refractivity contribution in [2.45, 2.75) is 20.5 Å². The zero-order valence-corrected chi connectivity index (χ0v) is 17.0. The van der Waals surface area contributed by atoms with Crippen molar-refractivity contribution >= 4 is 11.8 Å². The van der Waals surface area contributed by atoms with Gasteiger partial charge >= 0.3 is 0 Å². The number of amides is 2. The van der Waals surface area contributed by atoms with Gasteiger partial charge < -0.3 is 9.47 Å². The lowest BCUT2D eigenvalue weighted by Gasteiger charge is -2.12. The van der Waals surface area contributed by atoms with Crippen LogP contribution in [-0.2, 0) is 11.4 Å². The number of nitrogens with one attached hydrogen (secondary N) is 2. The average Bonchev–Trinajstić information content (AvgIpc) is 2.77. The highest BCUT2D eigenvalue weighted by molar-refractivity contribution is 5.95. The van der Waals surface area contributed by atoms with Crippen LogP contribution in [0.15, 0.2) is 72.8 Å². The van der Waals surface area contributed by atoms with Crippen molar-refractivity contribution in [3.63, 3.8) is 0 Å². The SMILES string of the molecule is Cc1cccc(C)c1OCC(=O)NNC(=O)c1ccc(OCc2ccccc2)cc1. The van der Waals surface area contributed by atoms with Gasteiger partial charge in [-0.05, 0) is 54.8 Å². The quantitative estimate of drug-likeness (QED) is 0.589. The van der Waals surface area contributed by atoms with Crippen LogP contribution in [0.25, 0.3) is 0 Å². The summed E-state index contributed by atoms with van der Waals surface area (Å²) in [5.74, 6) is 0.449. The molecule has 0 saturated carbocycles. The Morgan fingerprint density at radius 1 is 0.767 bits per heavy atom. The fourth-order valence-corrected chi connectivity index (χ4v) is 2.84. The largest absolute Gasteiger partial charge is 0.489 e. The van der Waals surface area contributed by atoms with E-state index in [1.54, 1.807) is 24.3 Å². The molecule has 0 fully saturated rings. The monoisotopic (exact) mass is 404 g/mol. The molecule has 0 radical (unpaired) electrons. The third-order valence-corrected chi connectivity index (χ3v) is 4.44. The minimum atomic E-state index is -0.450. The number of aryl methyl sites for hydroxylation is 2. The van der Waals surface area contributed by atoms with Crippen LogP contribution in [0, 0.1) is 13.8 Å². The molecule has 6 heteroatoms. The van der Waals surface area contributed by atoms with Gasteiger partial charge in [-0.2, -0.15) is 0 Å². The third-order valence-electron chi connectivity index (χ3n) is 4.44. The first-order chi connectivity index (χ1) is 14.5. The smallest absolute Gasteiger partial charge is 0.276 e. The second-order valence-corrected chi connectivity index (χ2v) is 6.81. The van der Waals surface area contributed by atoms with Gasteiger partial charge in [0.15, 0.2) is 6.61 Å². The lowest BCUT2D eigenvalue weighted by molar-refractivity contribution is -0.123. The van der Waals surface area contributed by atoms with Crippen LogP contribution in [-0.4, -0.2) is 18.4 Å². The van der Waals surface area contributed by atoms with E-state index < -0.39 is 11.8 Å². The number of ether oxygens (including phenoxy) is 2. The van der Waals surface area contributed by atoms with E-state index in [1.807, 2.05) is 62.4 Å². The predicted octanol–water partition coefficient (Wildman–Crippen LogP) is 3.72. The van der Waals surface area contributed by atoms with Gasteiger partial charge in [-0.1, -0.05) is 48.5 Å². The van der Waals surface area contributed by atoms with E-state index in [0.29, 0.717) is 23.7 Å². The molecule has 0 spiro atoms. The molecule has 0 saturated heterocycles. The summed E-state index contributed by atoms with van der Waals surface area (Å²) < 4.78 is 11.3. The first kappa shape index (κ1) is 20.9. The minimum Gasteiger partial charge on any atom is -0.489 e. The van der Waals surface area contributed by atoms with Crippen LogP contribution in [0.4, 0.5) is 0 Å². The van der Waals surface area contributed by atoms with Crippen LogP contribution < -0.4 is 20.3 Å². The van der Waals surface area contributed by atoms with Gasteiger partial charge in [0.2, 0.25) is 0 Å². The lowest BCUT2D eigenvalue weighted by Crippen LogP contribution is -2.43. The number of benzene rings is 3. The summed E-state index contributed by atoms with van der Waals surface area (Å²) in [6.45, 7) is 4.07. The molecule has 0 atom stereocenters. The molecular weight excluding hydrogens is 380 g/mol. The third kappa shape index (κ3) is 5.85. The molecule has 3 aromatic carbocycles. The Bertz CT molecular complexity index is 981. The highest BCUT2D eigenvalue weighted by Crippen LogP contribution is 2.22. The van der Waals surface area contributed by atoms with Gasteiger partial charge in [0.25, 0.3) is 11.8 Å². The highest BCUT2D eigenvalue weighted by Gasteiger charge is 2.10. The van der Waals surface area contributed by atoms with E-state index >= 15 is 0 Å². The zero-order chi connectivity index (χ0) is 21.3. The predicted molar refractivity (Wildman–Crippen MR) is 114 cm³/mol. The summed E-state index contributed by atoms with van der Waals surface area (Å²) in [4.78, 5) is 24.2. The van der Waals surface area contributed by atoms with Crippen molar-refractivity contribution in [1.82, 2.24) is 10.9 Å². The van der Waals surface area contributed by atoms with Crippen molar-refractivity contribution < 1.29 is 19.1 Å². The second kappa shape index (κ2) is 10.1. The molecule has 0 unspecified atom stereocenters. The number of carbonyl (C=O) groups is 2. The molecule has 2 amide bonds. The number of carbonyl (C=O) groups excluding carboxylic acids is 2. The molecule has 3 rings (SSSR count). The van der Waals surface area contributed by atoms with Crippen molar-refractivity contribution in [2.24, 2.45) is 0 Å². The minimum absolute atomic E-state index is 0.196. The van der Waals surface area contributed by atoms with Crippen molar-refractivity contribution in [3.05, 3.63) is 95.1 Å². The first-order valence-corrected chi connectivity index (χ1v) is 9.58. The van der Waals surface area contributed by atoms with E-state index in [9.17, 15) is 9.59 Å². The lowest BCUT2D eigenvalue weighted by atomic mass is 10.1. The fraction of sp³-hybridized carbons (Fsp3) is 0.167. The molecule has 6 nitrogen and oxygen atoms in total. The Kier molecular flexibility index (Phi) is 7.05. The number of hydrogen-bond donors (Lipinski definition) is 2. The maximum Gasteiger partial charge on any atom is 0.276 e. The molecule has 2 N–H and O–H groups in total. The molecule has 0 bridgehead atoms. The van der Waals surface area contributed by atoms with Gasteiger partial charge in [-0.3, -0.25) is 20.4 Å². The Labute approximate surface area is 175 Å². The number of rotatable bonds is 7. The summed E-state index contributed by atoms with van der Waals surface area (Å²) in [5.41, 5.74) is 8.09. The number of hydrogen-bond acceptors (Lipinski definition) is 4. The number of hydrazine groups is 1. The van der Waals surface area contributed by atoms with Gasteiger partial charge in [-0.15, -0.1) is 0 Å². The average molecular weight is 404 g/mol. The molecule has 0 aliphatic heterocycles. The molecule has 154 valence electrons. The molecule has 0 aliphatic rings. The van der Waals surface area contributed by atoms with Crippen molar-refractivity contribution in [1.29, 1.82) is 0 Å². The summed E-state index contributed by atoms with van der Waals surface area (Å²) in [5, 5.41) is 0.